The van der Waals surface area contributed by atoms with Gasteiger partial charge in [0.05, 0.1) is 44.6 Å². The lowest BCUT2D eigenvalue weighted by Crippen LogP contribution is -2.45. The molecule has 5 aromatic heterocycles. The lowest BCUT2D eigenvalue weighted by Gasteiger charge is -2.45. The summed E-state index contributed by atoms with van der Waals surface area (Å²) in [6, 6.07) is 92.9. The van der Waals surface area contributed by atoms with Gasteiger partial charge in [0.1, 0.15) is 34.5 Å². The van der Waals surface area contributed by atoms with Gasteiger partial charge in [0, 0.05) is 56.1 Å². The van der Waals surface area contributed by atoms with Gasteiger partial charge in [0.15, 0.2) is 5.82 Å². The second-order valence-electron chi connectivity index (χ2n) is 23.2. The first-order chi connectivity index (χ1) is 42.2. The molecule has 4 aliphatic carbocycles. The van der Waals surface area contributed by atoms with Crippen LogP contribution in [0, 0.1) is 0 Å². The van der Waals surface area contributed by atoms with Gasteiger partial charge in [-0.25, -0.2) is 19.9 Å². The Morgan fingerprint density at radius 2 is 0.694 bits per heavy atom. The van der Waals surface area contributed by atoms with E-state index in [0.717, 1.165) is 89.9 Å². The predicted octanol–water partition coefficient (Wildman–Crippen LogP) is 16.9. The minimum atomic E-state index is -1.03. The number of rotatable bonds is 6. The summed E-state index contributed by atoms with van der Waals surface area (Å²) in [5, 5.41) is 7.02. The Morgan fingerprint density at radius 1 is 0.329 bits per heavy atom. The molecule has 10 aromatic carbocycles. The first-order valence-electron chi connectivity index (χ1n) is 29.4. The van der Waals surface area contributed by atoms with Crippen LogP contribution in [0.5, 0.6) is 0 Å². The number of hydrogen-bond donors (Lipinski definition) is 0. The van der Waals surface area contributed by atoms with Gasteiger partial charge in [0.2, 0.25) is 0 Å². The number of allylic oxidation sites excluding steroid dienone is 2. The van der Waals surface area contributed by atoms with Crippen LogP contribution in [0.15, 0.2) is 279 Å². The summed E-state index contributed by atoms with van der Waals surface area (Å²) in [7, 11) is 0. The molecule has 85 heavy (non-hydrogen) atoms. The SMILES string of the molecule is C1=CC2c3ccccc3N(c3cc(-n4c5ccccc5c5ccccc54)nc(C45c6ccccc6CC(c6nc(-n7c8ccccc8c8ccccc87)cc(-n7c8ccccc8c8ccccc87)n6)(c6ccccc64)c4ccccc45)n3)C2C=C1. The molecule has 8 nitrogen and oxygen atoms in total. The maximum Gasteiger partial charge on any atom is 0.152 e. The summed E-state index contributed by atoms with van der Waals surface area (Å²) < 4.78 is 7.07. The van der Waals surface area contributed by atoms with E-state index < -0.39 is 10.8 Å². The lowest BCUT2D eigenvalue weighted by atomic mass is 9.57. The van der Waals surface area contributed by atoms with E-state index in [-0.39, 0.29) is 12.0 Å². The van der Waals surface area contributed by atoms with E-state index in [2.05, 4.69) is 298 Å². The number of hydrogen-bond acceptors (Lipinski definition) is 5. The fraction of sp³-hybridized carbons (Fsp3) is 0.0649. The molecule has 0 N–H and O–H groups in total. The van der Waals surface area contributed by atoms with Crippen molar-refractivity contribution in [3.05, 3.63) is 330 Å². The van der Waals surface area contributed by atoms with Gasteiger partial charge in [-0.3, -0.25) is 13.7 Å². The normalized spacial score (nSPS) is 19.0. The zero-order chi connectivity index (χ0) is 55.5. The van der Waals surface area contributed by atoms with Crippen molar-refractivity contribution in [3.63, 3.8) is 0 Å². The third-order valence-corrected chi connectivity index (χ3v) is 19.2. The van der Waals surface area contributed by atoms with E-state index in [0.29, 0.717) is 18.1 Å². The Balaban J connectivity index is 0.944. The molecule has 0 amide bonds. The fourth-order valence-electron chi connectivity index (χ4n) is 15.9. The van der Waals surface area contributed by atoms with Crippen LogP contribution in [0.2, 0.25) is 0 Å². The molecule has 8 heteroatoms. The maximum atomic E-state index is 6.12. The molecule has 2 bridgehead atoms. The van der Waals surface area contributed by atoms with Crippen LogP contribution in [0.3, 0.4) is 0 Å². The van der Waals surface area contributed by atoms with Crippen molar-refractivity contribution < 1.29 is 0 Å². The molecule has 20 rings (SSSR count). The Labute approximate surface area is 489 Å². The van der Waals surface area contributed by atoms with Crippen LogP contribution in [-0.2, 0) is 17.3 Å². The molecule has 6 heterocycles. The van der Waals surface area contributed by atoms with Crippen molar-refractivity contribution in [1.29, 1.82) is 0 Å². The van der Waals surface area contributed by atoms with Gasteiger partial charge in [-0.1, -0.05) is 224 Å². The average Bonchev–Trinajstić information content (AvgIpc) is 1.71. The number of anilines is 2. The second-order valence-corrected chi connectivity index (χ2v) is 23.2. The first-order valence-corrected chi connectivity index (χ1v) is 29.4. The van der Waals surface area contributed by atoms with Crippen molar-refractivity contribution >= 4 is 76.9 Å². The maximum absolute atomic E-state index is 6.12. The monoisotopic (exact) mass is 1090 g/mol. The van der Waals surface area contributed by atoms with Gasteiger partial charge < -0.3 is 4.90 Å². The molecule has 0 radical (unpaired) electrons. The standard InChI is InChI=1S/C77H50N8/c1-10-32-57-48(23-1)47-76(74-78-70(82-62-37-15-2-24-49(62)50-25-3-16-38-63(50)82)45-71(79-74)83-64-39-17-4-26-51(64)52-27-5-18-40-65(52)83)58-33-11-13-35-60(58)77(57,61-36-14-12-34-59(61)76)75-80-72(84-66-41-19-6-28-53(66)54-29-7-20-42-67(54)84)46-73(81-75)85-68-43-21-8-30-55(68)56-31-9-22-44-69(56)85/h1-46,53,66H,47H2. The summed E-state index contributed by atoms with van der Waals surface area (Å²) in [5.74, 6) is 4.78. The highest BCUT2D eigenvalue weighted by atomic mass is 15.3. The minimum Gasteiger partial charge on any atom is -0.318 e. The van der Waals surface area contributed by atoms with Gasteiger partial charge in [0.25, 0.3) is 0 Å². The molecule has 1 aliphatic heterocycles. The summed E-state index contributed by atoms with van der Waals surface area (Å²) in [6.07, 6.45) is 9.63. The summed E-state index contributed by atoms with van der Waals surface area (Å²) >= 11 is 0. The average molecular weight is 1090 g/mol. The van der Waals surface area contributed by atoms with E-state index in [4.69, 9.17) is 19.9 Å². The van der Waals surface area contributed by atoms with E-state index >= 15 is 0 Å². The molecular formula is C77H50N8. The Hall–Kier alpha value is -11.0. The van der Waals surface area contributed by atoms with Gasteiger partial charge in [-0.15, -0.1) is 0 Å². The quantitative estimate of drug-likeness (QED) is 0.166. The highest BCUT2D eigenvalue weighted by molar-refractivity contribution is 6.11. The van der Waals surface area contributed by atoms with Crippen molar-refractivity contribution in [2.45, 2.75) is 29.2 Å². The number of nitrogens with zero attached hydrogens (tertiary/aromatic N) is 8. The van der Waals surface area contributed by atoms with Crippen molar-refractivity contribution in [2.24, 2.45) is 0 Å². The highest BCUT2D eigenvalue weighted by Crippen LogP contribution is 2.62. The van der Waals surface area contributed by atoms with Crippen molar-refractivity contribution in [2.75, 3.05) is 4.90 Å². The third-order valence-electron chi connectivity index (χ3n) is 19.2. The van der Waals surface area contributed by atoms with E-state index in [1.54, 1.807) is 0 Å². The van der Waals surface area contributed by atoms with Gasteiger partial charge in [-0.05, 0) is 87.8 Å². The van der Waals surface area contributed by atoms with Crippen LogP contribution in [0.4, 0.5) is 11.5 Å². The van der Waals surface area contributed by atoms with Crippen LogP contribution in [0.25, 0.3) is 82.9 Å². The van der Waals surface area contributed by atoms with Crippen LogP contribution < -0.4 is 4.90 Å². The molecule has 2 unspecified atom stereocenters. The topological polar surface area (TPSA) is 69.6 Å². The minimum absolute atomic E-state index is 0.00338. The molecule has 0 spiro atoms. The van der Waals surface area contributed by atoms with Crippen molar-refractivity contribution in [1.82, 2.24) is 33.6 Å². The van der Waals surface area contributed by atoms with E-state index in [1.807, 2.05) is 0 Å². The Kier molecular flexibility index (Phi) is 9.49. The van der Waals surface area contributed by atoms with Crippen molar-refractivity contribution in [3.8, 4) is 17.5 Å². The smallest absolute Gasteiger partial charge is 0.152 e. The molecule has 2 atom stereocenters. The molecule has 5 aliphatic rings. The second kappa shape index (κ2) is 17.3. The fourth-order valence-corrected chi connectivity index (χ4v) is 15.9. The zero-order valence-corrected chi connectivity index (χ0v) is 46.0. The van der Waals surface area contributed by atoms with Crippen LogP contribution in [-0.4, -0.2) is 39.7 Å². The zero-order valence-electron chi connectivity index (χ0n) is 46.0. The number of fused-ring (bicyclic) bond motifs is 12. The number of para-hydroxylation sites is 7. The van der Waals surface area contributed by atoms with Gasteiger partial charge >= 0.3 is 0 Å². The summed E-state index contributed by atoms with van der Waals surface area (Å²) in [5.41, 5.74) is 13.7. The molecule has 398 valence electrons. The predicted molar refractivity (Wildman–Crippen MR) is 342 cm³/mol. The molecule has 0 saturated heterocycles. The molecule has 15 aromatic rings. The molecule has 0 fully saturated rings. The van der Waals surface area contributed by atoms with Crippen LogP contribution in [0.1, 0.15) is 56.5 Å². The molecule has 0 saturated carbocycles. The van der Waals surface area contributed by atoms with Crippen LogP contribution >= 0.6 is 0 Å². The molecular weight excluding hydrogens is 1040 g/mol. The summed E-state index contributed by atoms with van der Waals surface area (Å²) in [4.78, 5) is 26.8. The lowest BCUT2D eigenvalue weighted by molar-refractivity contribution is 0.533. The number of benzene rings is 10. The van der Waals surface area contributed by atoms with Gasteiger partial charge in [-0.2, -0.15) is 0 Å². The third kappa shape index (κ3) is 6.14. The summed E-state index contributed by atoms with van der Waals surface area (Å²) in [6.45, 7) is 0. The highest BCUT2D eigenvalue weighted by Gasteiger charge is 2.59. The Morgan fingerprint density at radius 3 is 1.19 bits per heavy atom. The van der Waals surface area contributed by atoms with E-state index in [1.165, 1.54) is 43.4 Å². The van der Waals surface area contributed by atoms with E-state index in [9.17, 15) is 0 Å². The number of aromatic nitrogens is 7. The first kappa shape index (κ1) is 46.6. The Bertz CT molecular complexity index is 5080. The largest absolute Gasteiger partial charge is 0.318 e.